The highest BCUT2D eigenvalue weighted by Gasteiger charge is 2.34. The Hall–Kier alpha value is -3.64. The van der Waals surface area contributed by atoms with Gasteiger partial charge in [-0.15, -0.1) is 0 Å². The van der Waals surface area contributed by atoms with Crippen LogP contribution in [0, 0.1) is 10.1 Å². The van der Waals surface area contributed by atoms with Crippen LogP contribution in [0.4, 0.5) is 18.9 Å². The van der Waals surface area contributed by atoms with Gasteiger partial charge in [0.05, 0.1) is 31.8 Å². The number of likely N-dealkylation sites (tertiary alicyclic amines) is 1. The SMILES string of the molecule is COc1cc(C(=O)N2CCCC(Oc3nccc(C(F)(F)F)n3)C2)c([N+](=O)[O-])cc1OC. The molecule has 1 aliphatic rings. The molecule has 1 unspecified atom stereocenters. The van der Waals surface area contributed by atoms with E-state index in [1.807, 2.05) is 0 Å². The third kappa shape index (κ3) is 4.98. The molecule has 10 nitrogen and oxygen atoms in total. The zero-order chi connectivity index (χ0) is 23.5. The number of nitrogens with zero attached hydrogens (tertiary/aromatic N) is 4. The second-order valence-electron chi connectivity index (χ2n) is 6.84. The zero-order valence-electron chi connectivity index (χ0n) is 17.1. The molecule has 172 valence electrons. The van der Waals surface area contributed by atoms with Gasteiger partial charge in [-0.2, -0.15) is 18.2 Å². The van der Waals surface area contributed by atoms with E-state index in [2.05, 4.69) is 9.97 Å². The van der Waals surface area contributed by atoms with Crippen LogP contribution in [0.5, 0.6) is 17.5 Å². The maximum Gasteiger partial charge on any atom is 0.433 e. The molecule has 1 saturated heterocycles. The van der Waals surface area contributed by atoms with Gasteiger partial charge in [0, 0.05) is 18.8 Å². The van der Waals surface area contributed by atoms with Crippen molar-refractivity contribution in [1.29, 1.82) is 0 Å². The maximum atomic E-state index is 13.1. The molecule has 2 heterocycles. The number of methoxy groups -OCH3 is 2. The van der Waals surface area contributed by atoms with Gasteiger partial charge in [-0.3, -0.25) is 14.9 Å². The molecule has 13 heteroatoms. The number of rotatable bonds is 6. The number of ether oxygens (including phenoxy) is 3. The zero-order valence-corrected chi connectivity index (χ0v) is 17.1. The van der Waals surface area contributed by atoms with Gasteiger partial charge in [0.1, 0.15) is 11.7 Å². The first-order valence-corrected chi connectivity index (χ1v) is 9.40. The van der Waals surface area contributed by atoms with Crippen LogP contribution < -0.4 is 14.2 Å². The van der Waals surface area contributed by atoms with Crippen LogP contribution in [0.3, 0.4) is 0 Å². The van der Waals surface area contributed by atoms with E-state index in [0.29, 0.717) is 12.8 Å². The predicted molar refractivity (Wildman–Crippen MR) is 103 cm³/mol. The molecule has 0 N–H and O–H groups in total. The fourth-order valence-corrected chi connectivity index (χ4v) is 3.28. The van der Waals surface area contributed by atoms with E-state index in [9.17, 15) is 28.1 Å². The number of nitro groups is 1. The van der Waals surface area contributed by atoms with Crippen LogP contribution >= 0.6 is 0 Å². The topological polar surface area (TPSA) is 117 Å². The maximum absolute atomic E-state index is 13.1. The van der Waals surface area contributed by atoms with Crippen molar-refractivity contribution >= 4 is 11.6 Å². The molecule has 32 heavy (non-hydrogen) atoms. The monoisotopic (exact) mass is 456 g/mol. The van der Waals surface area contributed by atoms with Crippen LogP contribution in [0.1, 0.15) is 28.9 Å². The fraction of sp³-hybridized carbons (Fsp3) is 0.421. The number of amides is 1. The van der Waals surface area contributed by atoms with Gasteiger partial charge in [-0.05, 0) is 18.9 Å². The normalized spacial score (nSPS) is 16.4. The molecule has 1 aliphatic heterocycles. The summed E-state index contributed by atoms with van der Waals surface area (Å²) in [6, 6.07) is 2.58. The highest BCUT2D eigenvalue weighted by atomic mass is 19.4. The number of aromatic nitrogens is 2. The highest BCUT2D eigenvalue weighted by Crippen LogP contribution is 2.35. The lowest BCUT2D eigenvalue weighted by molar-refractivity contribution is -0.385. The second-order valence-corrected chi connectivity index (χ2v) is 6.84. The van der Waals surface area contributed by atoms with Crippen molar-refractivity contribution < 1.29 is 37.1 Å². The molecular formula is C19H19F3N4O6. The lowest BCUT2D eigenvalue weighted by Crippen LogP contribution is -2.44. The highest BCUT2D eigenvalue weighted by molar-refractivity contribution is 5.99. The number of hydrogen-bond donors (Lipinski definition) is 0. The van der Waals surface area contributed by atoms with Gasteiger partial charge in [0.15, 0.2) is 17.2 Å². The first-order valence-electron chi connectivity index (χ1n) is 9.40. The Morgan fingerprint density at radius 1 is 1.25 bits per heavy atom. The van der Waals surface area contributed by atoms with E-state index in [4.69, 9.17) is 14.2 Å². The van der Waals surface area contributed by atoms with Gasteiger partial charge >= 0.3 is 12.2 Å². The molecule has 0 bridgehead atoms. The number of carbonyl (C=O) groups excluding carboxylic acids is 1. The fourth-order valence-electron chi connectivity index (χ4n) is 3.28. The summed E-state index contributed by atoms with van der Waals surface area (Å²) in [5, 5.41) is 11.5. The number of hydrogen-bond acceptors (Lipinski definition) is 8. The lowest BCUT2D eigenvalue weighted by atomic mass is 10.1. The molecule has 1 atom stereocenters. The first-order chi connectivity index (χ1) is 15.1. The summed E-state index contributed by atoms with van der Waals surface area (Å²) in [5.41, 5.74) is -1.81. The summed E-state index contributed by atoms with van der Waals surface area (Å²) in [5.74, 6) is -0.406. The number of carbonyl (C=O) groups is 1. The molecule has 0 aliphatic carbocycles. The summed E-state index contributed by atoms with van der Waals surface area (Å²) >= 11 is 0. The Balaban J connectivity index is 1.81. The lowest BCUT2D eigenvalue weighted by Gasteiger charge is -2.32. The van der Waals surface area contributed by atoms with Gasteiger partial charge < -0.3 is 19.1 Å². The average molecular weight is 456 g/mol. The quantitative estimate of drug-likeness (QED) is 0.481. The van der Waals surface area contributed by atoms with Gasteiger partial charge in [0.2, 0.25) is 0 Å². The Labute approximate surface area is 180 Å². The van der Waals surface area contributed by atoms with Crippen LogP contribution in [0.2, 0.25) is 0 Å². The van der Waals surface area contributed by atoms with Crippen LogP contribution in [0.25, 0.3) is 0 Å². The van der Waals surface area contributed by atoms with E-state index in [0.717, 1.165) is 18.3 Å². The minimum absolute atomic E-state index is 0.00998. The second kappa shape index (κ2) is 9.24. The average Bonchev–Trinajstić information content (AvgIpc) is 2.77. The van der Waals surface area contributed by atoms with Crippen LogP contribution in [0.15, 0.2) is 24.4 Å². The van der Waals surface area contributed by atoms with E-state index in [1.54, 1.807) is 0 Å². The predicted octanol–water partition coefficient (Wildman–Crippen LogP) is 3.10. The van der Waals surface area contributed by atoms with E-state index in [-0.39, 0.29) is 30.2 Å². The molecule has 2 aromatic rings. The Kier molecular flexibility index (Phi) is 6.65. The molecular weight excluding hydrogens is 437 g/mol. The Morgan fingerprint density at radius 2 is 1.94 bits per heavy atom. The first kappa shape index (κ1) is 23.0. The Bertz CT molecular complexity index is 1020. The minimum Gasteiger partial charge on any atom is -0.493 e. The van der Waals surface area contributed by atoms with Crippen molar-refractivity contribution in [2.45, 2.75) is 25.1 Å². The van der Waals surface area contributed by atoms with E-state index < -0.39 is 40.5 Å². The van der Waals surface area contributed by atoms with Crippen molar-refractivity contribution in [2.75, 3.05) is 27.3 Å². The van der Waals surface area contributed by atoms with Gasteiger partial charge in [-0.25, -0.2) is 4.98 Å². The van der Waals surface area contributed by atoms with Crippen LogP contribution in [-0.4, -0.2) is 59.1 Å². The molecule has 0 saturated carbocycles. The third-order valence-electron chi connectivity index (χ3n) is 4.79. The molecule has 0 radical (unpaired) electrons. The summed E-state index contributed by atoms with van der Waals surface area (Å²) in [4.78, 5) is 32.3. The molecule has 1 aromatic heterocycles. The number of benzene rings is 1. The Morgan fingerprint density at radius 3 is 2.56 bits per heavy atom. The van der Waals surface area contributed by atoms with E-state index >= 15 is 0 Å². The largest absolute Gasteiger partial charge is 0.493 e. The number of alkyl halides is 3. The molecule has 1 aromatic carbocycles. The van der Waals surface area contributed by atoms with Gasteiger partial charge in [-0.1, -0.05) is 0 Å². The van der Waals surface area contributed by atoms with Crippen molar-refractivity contribution in [1.82, 2.24) is 14.9 Å². The minimum atomic E-state index is -4.65. The van der Waals surface area contributed by atoms with Crippen molar-refractivity contribution in [3.05, 3.63) is 45.8 Å². The number of halogens is 3. The summed E-state index contributed by atoms with van der Waals surface area (Å²) in [7, 11) is 2.64. The third-order valence-corrected chi connectivity index (χ3v) is 4.79. The molecule has 3 rings (SSSR count). The summed E-state index contributed by atoms with van der Waals surface area (Å²) in [6.45, 7) is 0.275. The molecule has 1 fully saturated rings. The number of piperidine rings is 1. The molecule has 1 amide bonds. The van der Waals surface area contributed by atoms with Crippen LogP contribution in [-0.2, 0) is 6.18 Å². The standard InChI is InChI=1S/C19H19F3N4O6/c1-30-14-8-12(13(26(28)29)9-15(14)31-2)17(27)25-7-3-4-11(10-25)32-18-23-6-5-16(24-18)19(20,21)22/h5-6,8-9,11H,3-4,7,10H2,1-2H3. The summed E-state index contributed by atoms with van der Waals surface area (Å²) in [6.07, 6.45) is -3.49. The van der Waals surface area contributed by atoms with Crippen molar-refractivity contribution in [3.63, 3.8) is 0 Å². The van der Waals surface area contributed by atoms with Gasteiger partial charge in [0.25, 0.3) is 11.6 Å². The van der Waals surface area contributed by atoms with Crippen molar-refractivity contribution in [2.24, 2.45) is 0 Å². The summed E-state index contributed by atoms with van der Waals surface area (Å²) < 4.78 is 54.2. The number of nitro benzene ring substituents is 1. The smallest absolute Gasteiger partial charge is 0.433 e. The van der Waals surface area contributed by atoms with E-state index in [1.165, 1.54) is 25.2 Å². The van der Waals surface area contributed by atoms with Crippen molar-refractivity contribution in [3.8, 4) is 17.5 Å². The molecule has 0 spiro atoms.